The molecule has 1 aromatic carbocycles. The van der Waals surface area contributed by atoms with Gasteiger partial charge >= 0.3 is 0 Å². The van der Waals surface area contributed by atoms with Crippen LogP contribution in [0.1, 0.15) is 19.3 Å². The van der Waals surface area contributed by atoms with E-state index < -0.39 is 5.67 Å². The van der Waals surface area contributed by atoms with E-state index in [1.807, 2.05) is 24.3 Å². The SMILES string of the molecule is COc1ccccc1NCC1(F)CCC(N)C1. The summed E-state index contributed by atoms with van der Waals surface area (Å²) in [5.74, 6) is 0.735. The number of hydrogen-bond acceptors (Lipinski definition) is 3. The summed E-state index contributed by atoms with van der Waals surface area (Å²) in [6, 6.07) is 7.53. The molecule has 1 aliphatic rings. The predicted molar refractivity (Wildman–Crippen MR) is 67.1 cm³/mol. The summed E-state index contributed by atoms with van der Waals surface area (Å²) in [4.78, 5) is 0. The number of para-hydroxylation sites is 2. The van der Waals surface area contributed by atoms with Gasteiger partial charge in [0, 0.05) is 12.6 Å². The number of rotatable bonds is 4. The van der Waals surface area contributed by atoms with Crippen LogP contribution in [-0.4, -0.2) is 25.4 Å². The Morgan fingerprint density at radius 3 is 2.94 bits per heavy atom. The summed E-state index contributed by atoms with van der Waals surface area (Å²) in [5.41, 5.74) is 5.39. The molecule has 0 radical (unpaired) electrons. The summed E-state index contributed by atoms with van der Waals surface area (Å²) in [7, 11) is 1.61. The molecule has 1 aromatic rings. The first-order valence-electron chi connectivity index (χ1n) is 5.94. The molecule has 94 valence electrons. The number of halogens is 1. The van der Waals surface area contributed by atoms with Crippen LogP contribution in [0.15, 0.2) is 24.3 Å². The molecule has 3 N–H and O–H groups in total. The summed E-state index contributed by atoms with van der Waals surface area (Å²) in [5, 5.41) is 3.11. The lowest BCUT2D eigenvalue weighted by Gasteiger charge is -2.21. The number of hydrogen-bond donors (Lipinski definition) is 2. The van der Waals surface area contributed by atoms with Crippen LogP contribution in [0.4, 0.5) is 10.1 Å². The number of nitrogens with two attached hydrogens (primary N) is 1. The van der Waals surface area contributed by atoms with Gasteiger partial charge in [-0.05, 0) is 31.4 Å². The molecule has 0 amide bonds. The van der Waals surface area contributed by atoms with Crippen LogP contribution in [0.25, 0.3) is 0 Å². The molecule has 0 aliphatic heterocycles. The molecule has 0 bridgehead atoms. The highest BCUT2D eigenvalue weighted by Gasteiger charge is 2.37. The Hall–Kier alpha value is -1.29. The van der Waals surface area contributed by atoms with Crippen LogP contribution in [0.5, 0.6) is 5.75 Å². The number of methoxy groups -OCH3 is 1. The third-order valence-electron chi connectivity index (χ3n) is 3.29. The van der Waals surface area contributed by atoms with E-state index in [0.29, 0.717) is 19.4 Å². The lowest BCUT2D eigenvalue weighted by molar-refractivity contribution is 0.187. The van der Waals surface area contributed by atoms with Gasteiger partial charge in [0.05, 0.1) is 12.8 Å². The Bertz CT molecular complexity index is 385. The standard InChI is InChI=1S/C13H19FN2O/c1-17-12-5-3-2-4-11(12)16-9-13(14)7-6-10(15)8-13/h2-5,10,16H,6-9,15H2,1H3. The average Bonchev–Trinajstić information content (AvgIpc) is 2.68. The van der Waals surface area contributed by atoms with Gasteiger partial charge in [0.2, 0.25) is 0 Å². The maximum atomic E-state index is 14.3. The Morgan fingerprint density at radius 2 is 2.29 bits per heavy atom. The molecule has 4 heteroatoms. The Labute approximate surface area is 101 Å². The lowest BCUT2D eigenvalue weighted by Crippen LogP contribution is -2.31. The lowest BCUT2D eigenvalue weighted by atomic mass is 10.0. The van der Waals surface area contributed by atoms with Crippen molar-refractivity contribution >= 4 is 5.69 Å². The minimum Gasteiger partial charge on any atom is -0.495 e. The van der Waals surface area contributed by atoms with Crippen LogP contribution in [0.3, 0.4) is 0 Å². The topological polar surface area (TPSA) is 47.3 Å². The summed E-state index contributed by atoms with van der Waals surface area (Å²) >= 11 is 0. The van der Waals surface area contributed by atoms with Crippen molar-refractivity contribution in [3.05, 3.63) is 24.3 Å². The largest absolute Gasteiger partial charge is 0.495 e. The van der Waals surface area contributed by atoms with Crippen molar-refractivity contribution in [2.24, 2.45) is 5.73 Å². The van der Waals surface area contributed by atoms with E-state index in [2.05, 4.69) is 5.32 Å². The second kappa shape index (κ2) is 4.92. The molecule has 0 aromatic heterocycles. The molecule has 17 heavy (non-hydrogen) atoms. The zero-order valence-corrected chi connectivity index (χ0v) is 10.1. The maximum absolute atomic E-state index is 14.3. The Morgan fingerprint density at radius 1 is 1.53 bits per heavy atom. The highest BCUT2D eigenvalue weighted by Crippen LogP contribution is 2.34. The minimum atomic E-state index is -1.18. The molecule has 0 heterocycles. The van der Waals surface area contributed by atoms with Gasteiger partial charge in [0.15, 0.2) is 0 Å². The summed E-state index contributed by atoms with van der Waals surface area (Å²) < 4.78 is 19.5. The minimum absolute atomic E-state index is 0.000492. The van der Waals surface area contributed by atoms with Crippen LogP contribution in [0.2, 0.25) is 0 Å². The molecular weight excluding hydrogens is 219 g/mol. The Kier molecular flexibility index (Phi) is 3.52. The molecule has 0 saturated heterocycles. The monoisotopic (exact) mass is 238 g/mol. The predicted octanol–water partition coefficient (Wildman–Crippen LogP) is 2.33. The molecular formula is C13H19FN2O. The fraction of sp³-hybridized carbons (Fsp3) is 0.538. The van der Waals surface area contributed by atoms with Crippen molar-refractivity contribution in [3.8, 4) is 5.75 Å². The first-order chi connectivity index (χ1) is 8.13. The highest BCUT2D eigenvalue weighted by molar-refractivity contribution is 5.56. The smallest absolute Gasteiger partial charge is 0.141 e. The van der Waals surface area contributed by atoms with Crippen molar-refractivity contribution in [2.45, 2.75) is 31.0 Å². The van der Waals surface area contributed by atoms with Crippen LogP contribution < -0.4 is 15.8 Å². The molecule has 2 unspecified atom stereocenters. The molecule has 0 spiro atoms. The van der Waals surface area contributed by atoms with Crippen molar-refractivity contribution in [2.75, 3.05) is 19.0 Å². The van der Waals surface area contributed by atoms with Crippen LogP contribution in [0, 0.1) is 0 Å². The maximum Gasteiger partial charge on any atom is 0.141 e. The average molecular weight is 238 g/mol. The van der Waals surface area contributed by atoms with Gasteiger partial charge in [-0.3, -0.25) is 0 Å². The van der Waals surface area contributed by atoms with Crippen molar-refractivity contribution in [1.29, 1.82) is 0 Å². The van der Waals surface area contributed by atoms with Gasteiger partial charge < -0.3 is 15.8 Å². The highest BCUT2D eigenvalue weighted by atomic mass is 19.1. The molecule has 1 saturated carbocycles. The van der Waals surface area contributed by atoms with E-state index in [-0.39, 0.29) is 6.04 Å². The second-order valence-corrected chi connectivity index (χ2v) is 4.71. The van der Waals surface area contributed by atoms with E-state index in [0.717, 1.165) is 17.9 Å². The van der Waals surface area contributed by atoms with Gasteiger partial charge in [0.25, 0.3) is 0 Å². The molecule has 1 aliphatic carbocycles. The van der Waals surface area contributed by atoms with Gasteiger partial charge in [-0.2, -0.15) is 0 Å². The second-order valence-electron chi connectivity index (χ2n) is 4.71. The fourth-order valence-electron chi connectivity index (χ4n) is 2.32. The first kappa shape index (κ1) is 12.2. The van der Waals surface area contributed by atoms with Gasteiger partial charge in [-0.25, -0.2) is 4.39 Å². The van der Waals surface area contributed by atoms with Crippen molar-refractivity contribution in [3.63, 3.8) is 0 Å². The zero-order chi connectivity index (χ0) is 12.3. The van der Waals surface area contributed by atoms with E-state index in [1.54, 1.807) is 7.11 Å². The number of alkyl halides is 1. The molecule has 2 atom stereocenters. The molecule has 3 nitrogen and oxygen atoms in total. The van der Waals surface area contributed by atoms with Gasteiger partial charge in [-0.15, -0.1) is 0 Å². The fourth-order valence-corrected chi connectivity index (χ4v) is 2.32. The van der Waals surface area contributed by atoms with Crippen molar-refractivity contribution < 1.29 is 9.13 Å². The van der Waals surface area contributed by atoms with Gasteiger partial charge in [0.1, 0.15) is 11.4 Å². The van der Waals surface area contributed by atoms with E-state index >= 15 is 0 Å². The third kappa shape index (κ3) is 2.88. The van der Waals surface area contributed by atoms with E-state index in [4.69, 9.17) is 10.5 Å². The summed E-state index contributed by atoms with van der Waals surface area (Å²) in [6.07, 6.45) is 1.75. The number of nitrogens with one attached hydrogen (secondary N) is 1. The normalized spacial score (nSPS) is 28.1. The number of benzene rings is 1. The molecule has 2 rings (SSSR count). The Balaban J connectivity index is 1.98. The number of anilines is 1. The summed E-state index contributed by atoms with van der Waals surface area (Å²) in [6.45, 7) is 0.293. The van der Waals surface area contributed by atoms with E-state index in [1.165, 1.54) is 0 Å². The van der Waals surface area contributed by atoms with Gasteiger partial charge in [-0.1, -0.05) is 12.1 Å². The van der Waals surface area contributed by atoms with Crippen LogP contribution in [-0.2, 0) is 0 Å². The number of ether oxygens (including phenoxy) is 1. The third-order valence-corrected chi connectivity index (χ3v) is 3.29. The zero-order valence-electron chi connectivity index (χ0n) is 10.1. The first-order valence-corrected chi connectivity index (χ1v) is 5.94. The van der Waals surface area contributed by atoms with Crippen molar-refractivity contribution in [1.82, 2.24) is 0 Å². The molecule has 1 fully saturated rings. The van der Waals surface area contributed by atoms with Crippen LogP contribution >= 0.6 is 0 Å². The van der Waals surface area contributed by atoms with E-state index in [9.17, 15) is 4.39 Å². The quantitative estimate of drug-likeness (QED) is 0.846.